The van der Waals surface area contributed by atoms with Gasteiger partial charge in [-0.2, -0.15) is 21.6 Å². The highest BCUT2D eigenvalue weighted by Gasteiger charge is 2.46. The zero-order chi connectivity index (χ0) is 18.0. The fourth-order valence-corrected chi connectivity index (χ4v) is 2.78. The van der Waals surface area contributed by atoms with Crippen LogP contribution >= 0.6 is 0 Å². The number of para-hydroxylation sites is 1. The maximum absolute atomic E-state index is 12.6. The monoisotopic (exact) mass is 358 g/mol. The van der Waals surface area contributed by atoms with E-state index in [-0.39, 0.29) is 11.3 Å². The molecule has 5 nitrogen and oxygen atoms in total. The highest BCUT2D eigenvalue weighted by molar-refractivity contribution is 7.93. The zero-order valence-corrected chi connectivity index (χ0v) is 12.9. The summed E-state index contributed by atoms with van der Waals surface area (Å²) in [5.74, 6) is -1.92. The van der Waals surface area contributed by atoms with Gasteiger partial charge in [0.05, 0.1) is 11.6 Å². The first-order valence-corrected chi connectivity index (χ1v) is 8.14. The average Bonchev–Trinajstić information content (AvgIpc) is 2.48. The molecule has 24 heavy (non-hydrogen) atoms. The van der Waals surface area contributed by atoms with Crippen LogP contribution in [0, 0.1) is 0 Å². The molecule has 0 fully saturated rings. The number of rotatable bonds is 5. The van der Waals surface area contributed by atoms with Gasteiger partial charge in [0.2, 0.25) is 5.91 Å². The van der Waals surface area contributed by atoms with E-state index in [4.69, 9.17) is 5.73 Å². The first kappa shape index (κ1) is 17.8. The van der Waals surface area contributed by atoms with Gasteiger partial charge in [-0.1, -0.05) is 48.5 Å². The highest BCUT2D eigenvalue weighted by Crippen LogP contribution is 2.33. The van der Waals surface area contributed by atoms with Gasteiger partial charge in [0.15, 0.2) is 0 Å². The number of nitrogens with two attached hydrogens (primary N) is 1. The maximum atomic E-state index is 12.6. The van der Waals surface area contributed by atoms with Gasteiger partial charge >= 0.3 is 15.5 Å². The van der Waals surface area contributed by atoms with Gasteiger partial charge in [0.1, 0.15) is 0 Å². The van der Waals surface area contributed by atoms with Gasteiger partial charge in [-0.05, 0) is 17.2 Å². The van der Waals surface area contributed by atoms with Crippen molar-refractivity contribution in [2.24, 2.45) is 5.73 Å². The Hall–Kier alpha value is -2.55. The lowest BCUT2D eigenvalue weighted by atomic mass is 9.90. The third-order valence-corrected chi connectivity index (χ3v) is 4.34. The van der Waals surface area contributed by atoms with E-state index in [0.717, 1.165) is 6.07 Å². The molecule has 0 saturated heterocycles. The van der Waals surface area contributed by atoms with Gasteiger partial charge in [0, 0.05) is 0 Å². The van der Waals surface area contributed by atoms with Crippen molar-refractivity contribution < 1.29 is 26.4 Å². The molecule has 128 valence electrons. The molecule has 1 unspecified atom stereocenters. The molecule has 0 aliphatic heterocycles. The summed E-state index contributed by atoms with van der Waals surface area (Å²) in [7, 11) is -5.62. The average molecular weight is 358 g/mol. The van der Waals surface area contributed by atoms with Crippen LogP contribution in [-0.2, 0) is 14.8 Å². The molecular weight excluding hydrogens is 345 g/mol. The molecule has 2 aromatic carbocycles. The van der Waals surface area contributed by atoms with Gasteiger partial charge < -0.3 is 5.73 Å². The van der Waals surface area contributed by atoms with E-state index in [9.17, 15) is 26.4 Å². The van der Waals surface area contributed by atoms with Crippen molar-refractivity contribution in [2.45, 2.75) is 11.4 Å². The quantitative estimate of drug-likeness (QED) is 0.861. The van der Waals surface area contributed by atoms with E-state index >= 15 is 0 Å². The van der Waals surface area contributed by atoms with Crippen molar-refractivity contribution >= 4 is 21.6 Å². The van der Waals surface area contributed by atoms with Crippen LogP contribution in [-0.4, -0.2) is 19.8 Å². The Morgan fingerprint density at radius 1 is 1.00 bits per heavy atom. The summed E-state index contributed by atoms with van der Waals surface area (Å²) in [5, 5.41) is 0. The number of hydrogen-bond donors (Lipinski definition) is 2. The lowest BCUT2D eigenvalue weighted by Crippen LogP contribution is -2.31. The number of primary amides is 1. The summed E-state index contributed by atoms with van der Waals surface area (Å²) < 4.78 is 61.9. The lowest BCUT2D eigenvalue weighted by molar-refractivity contribution is -0.118. The van der Waals surface area contributed by atoms with Gasteiger partial charge in [-0.15, -0.1) is 0 Å². The number of alkyl halides is 3. The third-order valence-electron chi connectivity index (χ3n) is 3.24. The van der Waals surface area contributed by atoms with Crippen LogP contribution < -0.4 is 10.5 Å². The van der Waals surface area contributed by atoms with E-state index in [0.29, 0.717) is 5.56 Å². The number of sulfonamides is 1. The summed E-state index contributed by atoms with van der Waals surface area (Å²) in [6, 6.07) is 13.4. The Bertz CT molecular complexity index is 837. The van der Waals surface area contributed by atoms with Gasteiger partial charge in [-0.3, -0.25) is 9.52 Å². The molecule has 9 heteroatoms. The third kappa shape index (κ3) is 3.67. The van der Waals surface area contributed by atoms with Crippen LogP contribution in [0.1, 0.15) is 17.0 Å². The number of benzene rings is 2. The van der Waals surface area contributed by atoms with Crippen molar-refractivity contribution in [1.29, 1.82) is 0 Å². The van der Waals surface area contributed by atoms with Crippen LogP contribution in [0.2, 0.25) is 0 Å². The van der Waals surface area contributed by atoms with Crippen molar-refractivity contribution in [3.8, 4) is 0 Å². The number of carbonyl (C=O) groups excluding carboxylic acids is 1. The molecule has 0 saturated carbocycles. The summed E-state index contributed by atoms with van der Waals surface area (Å²) in [5.41, 5.74) is 0.0103. The molecular formula is C15H13F3N2O3S. The van der Waals surface area contributed by atoms with E-state index < -0.39 is 27.4 Å². The number of nitrogens with one attached hydrogen (secondary N) is 1. The lowest BCUT2D eigenvalue weighted by Gasteiger charge is -2.19. The first-order valence-electron chi connectivity index (χ1n) is 6.66. The molecule has 0 aliphatic carbocycles. The molecule has 2 aromatic rings. The second kappa shape index (κ2) is 6.52. The molecule has 0 aromatic heterocycles. The standard InChI is InChI=1S/C15H13F3N2O3S/c16-15(17,18)24(22,23)20-12-9-5-4-8-11(12)13(14(19)21)10-6-2-1-3-7-10/h1-9,13,20H,(H2,19,21). The van der Waals surface area contributed by atoms with Crippen LogP contribution in [0.4, 0.5) is 18.9 Å². The maximum Gasteiger partial charge on any atom is 0.516 e. The summed E-state index contributed by atoms with van der Waals surface area (Å²) in [6.45, 7) is 0. The minimum atomic E-state index is -5.62. The summed E-state index contributed by atoms with van der Waals surface area (Å²) >= 11 is 0. The molecule has 0 aliphatic rings. The smallest absolute Gasteiger partial charge is 0.369 e. The Kier molecular flexibility index (Phi) is 4.83. The van der Waals surface area contributed by atoms with Crippen LogP contribution in [0.15, 0.2) is 54.6 Å². The van der Waals surface area contributed by atoms with Crippen molar-refractivity contribution in [2.75, 3.05) is 4.72 Å². The number of halogens is 3. The van der Waals surface area contributed by atoms with Crippen LogP contribution in [0.3, 0.4) is 0 Å². The molecule has 0 spiro atoms. The minimum Gasteiger partial charge on any atom is -0.369 e. The Morgan fingerprint density at radius 3 is 2.08 bits per heavy atom. The molecule has 3 N–H and O–H groups in total. The van der Waals surface area contributed by atoms with Crippen molar-refractivity contribution in [3.63, 3.8) is 0 Å². The number of amides is 1. The second-order valence-corrected chi connectivity index (χ2v) is 6.56. The van der Waals surface area contributed by atoms with Crippen molar-refractivity contribution in [3.05, 3.63) is 65.7 Å². The van der Waals surface area contributed by atoms with Crippen LogP contribution in [0.25, 0.3) is 0 Å². The normalized spacial score (nSPS) is 13.3. The fourth-order valence-electron chi connectivity index (χ4n) is 2.19. The Balaban J connectivity index is 2.54. The second-order valence-electron chi connectivity index (χ2n) is 4.88. The number of carbonyl (C=O) groups is 1. The van der Waals surface area contributed by atoms with E-state index in [1.807, 2.05) is 0 Å². The summed E-state index contributed by atoms with van der Waals surface area (Å²) in [4.78, 5) is 11.8. The fraction of sp³-hybridized carbons (Fsp3) is 0.133. The molecule has 0 heterocycles. The minimum absolute atomic E-state index is 0.0315. The molecule has 2 rings (SSSR count). The van der Waals surface area contributed by atoms with E-state index in [1.165, 1.54) is 22.9 Å². The highest BCUT2D eigenvalue weighted by atomic mass is 32.2. The predicted octanol–water partition coefficient (Wildman–Crippen LogP) is 2.57. The SMILES string of the molecule is NC(=O)C(c1ccccc1)c1ccccc1NS(=O)(=O)C(F)(F)F. The van der Waals surface area contributed by atoms with Crippen LogP contribution in [0.5, 0.6) is 0 Å². The Labute approximate surface area is 136 Å². The zero-order valence-electron chi connectivity index (χ0n) is 12.1. The molecule has 0 radical (unpaired) electrons. The largest absolute Gasteiger partial charge is 0.516 e. The molecule has 1 amide bonds. The Morgan fingerprint density at radius 2 is 1.54 bits per heavy atom. The first-order chi connectivity index (χ1) is 11.1. The molecule has 1 atom stereocenters. The van der Waals surface area contributed by atoms with Crippen molar-refractivity contribution in [1.82, 2.24) is 0 Å². The van der Waals surface area contributed by atoms with E-state index in [2.05, 4.69) is 0 Å². The molecule has 0 bridgehead atoms. The topological polar surface area (TPSA) is 89.3 Å². The predicted molar refractivity (Wildman–Crippen MR) is 82.5 cm³/mol. The number of anilines is 1. The number of hydrogen-bond acceptors (Lipinski definition) is 3. The summed E-state index contributed by atoms with van der Waals surface area (Å²) in [6.07, 6.45) is 0. The van der Waals surface area contributed by atoms with Gasteiger partial charge in [0.25, 0.3) is 0 Å². The van der Waals surface area contributed by atoms with Gasteiger partial charge in [-0.25, -0.2) is 0 Å². The van der Waals surface area contributed by atoms with E-state index in [1.54, 1.807) is 30.3 Å².